The number of methoxy groups -OCH3 is 4. The first-order valence-electron chi connectivity index (χ1n) is 23.4. The van der Waals surface area contributed by atoms with Gasteiger partial charge in [0, 0.05) is 79.0 Å². The van der Waals surface area contributed by atoms with Gasteiger partial charge in [-0.15, -0.1) is 0 Å². The third-order valence-electron chi connectivity index (χ3n) is 13.5. The number of carbonyl (C=O) groups excluding carboxylic acids is 4. The number of ketones is 1. The number of cyclic esters (lactones) is 1. The molecule has 3 aromatic heterocycles. The topological polar surface area (TPSA) is 251 Å². The number of aryl methyl sites for hydroxylation is 1. The molecule has 0 radical (unpaired) electrons. The molecule has 0 saturated carbocycles. The fourth-order valence-electron chi connectivity index (χ4n) is 9.24. The number of primary amides is 1. The van der Waals surface area contributed by atoms with Crippen molar-refractivity contribution in [3.8, 4) is 23.2 Å². The summed E-state index contributed by atoms with van der Waals surface area (Å²) in [5, 5.41) is 11.5. The van der Waals surface area contributed by atoms with Crippen molar-refractivity contribution in [3.05, 3.63) is 30.4 Å². The first-order chi connectivity index (χ1) is 31.9. The SMILES string of the molecule is COC1c2coc(n2)-c2coc(n2)-c2coc(n2)CCC[C@H](OC)[C@@H](C)[C@H](C[C@H](OC)[C@@H](C)CCC(=O)[C@H](C)[C@H](OC)[C@H](C)CCN(C)C=O)OC(=O)C[C@@H](OC(N)=O)C[C@H](C)C[C@H](O)[C@@H]1C. The maximum Gasteiger partial charge on any atom is 0.404 e. The quantitative estimate of drug-likeness (QED) is 0.0962. The molecule has 13 atom stereocenters. The first kappa shape index (κ1) is 54.9. The number of ether oxygens (including phenoxy) is 6. The minimum atomic E-state index is -1.04. The van der Waals surface area contributed by atoms with E-state index < -0.39 is 48.5 Å². The number of aliphatic hydroxyl groups excluding tert-OH is 1. The summed E-state index contributed by atoms with van der Waals surface area (Å²) in [5.74, 6) is -1.19. The van der Waals surface area contributed by atoms with Gasteiger partial charge in [-0.3, -0.25) is 14.4 Å². The van der Waals surface area contributed by atoms with Crippen LogP contribution in [0.25, 0.3) is 23.2 Å². The number of oxazole rings is 3. The average molecular weight is 946 g/mol. The molecule has 0 fully saturated rings. The third kappa shape index (κ3) is 15.9. The monoisotopic (exact) mass is 946 g/mol. The van der Waals surface area contributed by atoms with Crippen molar-refractivity contribution in [2.24, 2.45) is 41.2 Å². The van der Waals surface area contributed by atoms with E-state index in [1.165, 1.54) is 25.9 Å². The van der Waals surface area contributed by atoms with Gasteiger partial charge in [0.05, 0.1) is 30.8 Å². The second-order valence-corrected chi connectivity index (χ2v) is 18.6. The molecule has 3 N–H and O–H groups in total. The molecule has 1 aliphatic rings. The maximum atomic E-state index is 14.0. The van der Waals surface area contributed by atoms with Crippen LogP contribution in [0.5, 0.6) is 0 Å². The van der Waals surface area contributed by atoms with Gasteiger partial charge in [-0.1, -0.05) is 41.5 Å². The molecule has 1 unspecified atom stereocenters. The summed E-state index contributed by atoms with van der Waals surface area (Å²) in [6, 6.07) is 0. The summed E-state index contributed by atoms with van der Waals surface area (Å²) in [5.41, 5.74) is 6.68. The van der Waals surface area contributed by atoms with E-state index in [1.54, 1.807) is 33.3 Å². The predicted octanol–water partition coefficient (Wildman–Crippen LogP) is 6.99. The summed E-state index contributed by atoms with van der Waals surface area (Å²) >= 11 is 0. The molecule has 4 rings (SSSR count). The lowest BCUT2D eigenvalue weighted by molar-refractivity contribution is -0.160. The van der Waals surface area contributed by atoms with Gasteiger partial charge in [0.15, 0.2) is 17.3 Å². The van der Waals surface area contributed by atoms with Gasteiger partial charge >= 0.3 is 12.1 Å². The number of nitrogens with two attached hydrogens (primary N) is 1. The van der Waals surface area contributed by atoms with Crippen molar-refractivity contribution < 1.29 is 66.0 Å². The van der Waals surface area contributed by atoms with Crippen LogP contribution < -0.4 is 5.73 Å². The average Bonchev–Trinajstić information content (AvgIpc) is 4.09. The molecule has 19 nitrogen and oxygen atoms in total. The van der Waals surface area contributed by atoms with Crippen molar-refractivity contribution in [1.29, 1.82) is 0 Å². The fraction of sp³-hybridized carbons (Fsp3) is 0.729. The summed E-state index contributed by atoms with van der Waals surface area (Å²) in [7, 11) is 8.05. The number of carbonyl (C=O) groups is 4. The highest BCUT2D eigenvalue weighted by molar-refractivity contribution is 5.81. The Labute approximate surface area is 394 Å². The molecule has 0 aromatic carbocycles. The Balaban J connectivity index is 1.57. The number of esters is 1. The van der Waals surface area contributed by atoms with Crippen LogP contribution in [0.4, 0.5) is 4.79 Å². The Kier molecular flexibility index (Phi) is 21.9. The van der Waals surface area contributed by atoms with Crippen molar-refractivity contribution >= 4 is 24.3 Å². The molecule has 0 aliphatic carbocycles. The zero-order valence-electron chi connectivity index (χ0n) is 41.2. The van der Waals surface area contributed by atoms with E-state index in [4.69, 9.17) is 47.4 Å². The lowest BCUT2D eigenvalue weighted by atomic mass is 9.83. The van der Waals surface area contributed by atoms with Crippen LogP contribution in [0.1, 0.15) is 117 Å². The van der Waals surface area contributed by atoms with E-state index >= 15 is 0 Å². The highest BCUT2D eigenvalue weighted by Gasteiger charge is 2.36. The van der Waals surface area contributed by atoms with Crippen LogP contribution in [-0.2, 0) is 49.2 Å². The number of hydrogen-bond donors (Lipinski definition) is 2. The van der Waals surface area contributed by atoms with Crippen LogP contribution in [0, 0.1) is 35.5 Å². The Morgan fingerprint density at radius 3 is 2.25 bits per heavy atom. The lowest BCUT2D eigenvalue weighted by Gasteiger charge is -2.34. The van der Waals surface area contributed by atoms with Gasteiger partial charge in [0.25, 0.3) is 0 Å². The zero-order valence-corrected chi connectivity index (χ0v) is 41.2. The highest BCUT2D eigenvalue weighted by atomic mass is 16.6. The van der Waals surface area contributed by atoms with Gasteiger partial charge < -0.3 is 57.4 Å². The molecule has 6 bridgehead atoms. The van der Waals surface area contributed by atoms with Crippen LogP contribution in [0.2, 0.25) is 0 Å². The molecular formula is C48H75N5O14. The number of amides is 2. The van der Waals surface area contributed by atoms with Crippen molar-refractivity contribution in [3.63, 3.8) is 0 Å². The molecule has 2 amide bonds. The molecule has 3 aromatic rings. The molecule has 19 heteroatoms. The predicted molar refractivity (Wildman–Crippen MR) is 244 cm³/mol. The Bertz CT molecular complexity index is 1970. The minimum absolute atomic E-state index is 0.0421. The van der Waals surface area contributed by atoms with E-state index in [0.717, 1.165) is 6.41 Å². The van der Waals surface area contributed by atoms with Crippen molar-refractivity contribution in [1.82, 2.24) is 19.9 Å². The van der Waals surface area contributed by atoms with Gasteiger partial charge in [-0.25, -0.2) is 19.7 Å². The Hall–Kier alpha value is -4.69. The second kappa shape index (κ2) is 26.7. The number of fused-ring (bicyclic) bond motifs is 8. The Morgan fingerprint density at radius 2 is 1.60 bits per heavy atom. The van der Waals surface area contributed by atoms with Gasteiger partial charge in [0.1, 0.15) is 48.6 Å². The van der Waals surface area contributed by atoms with E-state index in [9.17, 15) is 24.3 Å². The van der Waals surface area contributed by atoms with Gasteiger partial charge in [-0.2, -0.15) is 0 Å². The molecule has 67 heavy (non-hydrogen) atoms. The summed E-state index contributed by atoms with van der Waals surface area (Å²) in [4.78, 5) is 66.2. The van der Waals surface area contributed by atoms with Crippen LogP contribution in [-0.4, -0.2) is 128 Å². The van der Waals surface area contributed by atoms with Crippen LogP contribution in [0.3, 0.4) is 0 Å². The second-order valence-electron chi connectivity index (χ2n) is 18.6. The maximum absolute atomic E-state index is 14.0. The van der Waals surface area contributed by atoms with E-state index in [1.807, 2.05) is 41.5 Å². The lowest BCUT2D eigenvalue weighted by Crippen LogP contribution is -2.40. The third-order valence-corrected chi connectivity index (χ3v) is 13.5. The van der Waals surface area contributed by atoms with Gasteiger partial charge in [-0.05, 0) is 56.3 Å². The van der Waals surface area contributed by atoms with E-state index in [-0.39, 0.29) is 91.5 Å². The van der Waals surface area contributed by atoms with E-state index in [2.05, 4.69) is 15.0 Å². The van der Waals surface area contributed by atoms with Crippen molar-refractivity contribution in [2.75, 3.05) is 42.0 Å². The first-order valence-corrected chi connectivity index (χ1v) is 23.4. The van der Waals surface area contributed by atoms with Crippen molar-refractivity contribution in [2.45, 2.75) is 148 Å². The normalized spacial score (nSPS) is 25.9. The number of hydrogen-bond acceptors (Lipinski definition) is 17. The number of nitrogens with zero attached hydrogens (tertiary/aromatic N) is 4. The highest BCUT2D eigenvalue weighted by Crippen LogP contribution is 2.34. The zero-order chi connectivity index (χ0) is 49.4. The Morgan fingerprint density at radius 1 is 0.910 bits per heavy atom. The molecule has 376 valence electrons. The van der Waals surface area contributed by atoms with Crippen LogP contribution >= 0.6 is 0 Å². The smallest absolute Gasteiger partial charge is 0.404 e. The summed E-state index contributed by atoms with van der Waals surface area (Å²) < 4.78 is 52.7. The minimum Gasteiger partial charge on any atom is -0.462 e. The summed E-state index contributed by atoms with van der Waals surface area (Å²) in [6.07, 6.45) is 3.30. The fourth-order valence-corrected chi connectivity index (χ4v) is 9.24. The number of aromatic nitrogens is 3. The van der Waals surface area contributed by atoms with Gasteiger partial charge in [0.2, 0.25) is 18.2 Å². The molecule has 0 saturated heterocycles. The molecular weight excluding hydrogens is 871 g/mol. The molecule has 4 heterocycles. The number of Topliss-reactive ketones (excluding diaryl/α,β-unsaturated/α-hetero) is 1. The molecule has 0 spiro atoms. The molecule has 1 aliphatic heterocycles. The largest absolute Gasteiger partial charge is 0.462 e. The standard InChI is InChI=1S/C48H75N5O14/c1-27-19-33(66-48(49)58)21-43(57)67-41(22-40(60-9)28(2)15-16-37(55)30(4)44(61-10)29(3)17-18-53(7)26-54)32(6)39(59-8)13-12-14-42-50-35(24-63-42)46-52-36(25-65-46)47-51-34(23-64-47)45(62-11)31(5)38(56)20-27/h23-33,38-41,44-45,56H,12-22H2,1-11H3,(H2,49,58)/t27-,28-,29+,30-,31-,32+,33-,38-,39-,40-,41-,44+,45?/m0/s1. The number of rotatable bonds is 18. The van der Waals surface area contributed by atoms with E-state index in [0.29, 0.717) is 61.6 Å². The van der Waals surface area contributed by atoms with Crippen LogP contribution in [0.15, 0.2) is 32.0 Å². The number of aliphatic hydroxyl groups is 1. The summed E-state index contributed by atoms with van der Waals surface area (Å²) in [6.45, 7) is 12.1.